The van der Waals surface area contributed by atoms with Gasteiger partial charge in [-0.05, 0) is 123 Å². The van der Waals surface area contributed by atoms with Crippen LogP contribution in [0.2, 0.25) is 0 Å². The van der Waals surface area contributed by atoms with E-state index in [0.717, 1.165) is 49.0 Å². The van der Waals surface area contributed by atoms with Gasteiger partial charge in [0.05, 0.1) is 26.4 Å². The molecule has 0 unspecified atom stereocenters. The summed E-state index contributed by atoms with van der Waals surface area (Å²) in [5.74, 6) is 3.80. The van der Waals surface area contributed by atoms with Gasteiger partial charge in [-0.3, -0.25) is 4.79 Å². The van der Waals surface area contributed by atoms with Crippen LogP contribution in [0.5, 0.6) is 0 Å². The Labute approximate surface area is 277 Å². The minimum atomic E-state index is -0.411. The molecular formula is C39H60O7. The van der Waals surface area contributed by atoms with Gasteiger partial charge >= 0.3 is 11.9 Å². The van der Waals surface area contributed by atoms with Crippen LogP contribution in [0.4, 0.5) is 0 Å². The molecule has 4 aliphatic rings. The Hall–Kier alpha value is -1.96. The maximum Gasteiger partial charge on any atom is 0.332 e. The molecule has 46 heavy (non-hydrogen) atoms. The molecule has 0 radical (unpaired) electrons. The second kappa shape index (κ2) is 15.5. The lowest BCUT2D eigenvalue weighted by molar-refractivity contribution is -0.185. The fraction of sp³-hybridized carbons (Fsp3) is 0.795. The summed E-state index contributed by atoms with van der Waals surface area (Å²) in [6.45, 7) is 11.9. The summed E-state index contributed by atoms with van der Waals surface area (Å²) < 4.78 is 27.6. The van der Waals surface area contributed by atoms with E-state index in [1.807, 2.05) is 30.3 Å². The minimum absolute atomic E-state index is 0.0232. The van der Waals surface area contributed by atoms with E-state index in [1.165, 1.54) is 38.5 Å². The number of fused-ring (bicyclic) bond motifs is 5. The van der Waals surface area contributed by atoms with Gasteiger partial charge in [0.25, 0.3) is 0 Å². The Balaban J connectivity index is 1.10. The van der Waals surface area contributed by atoms with Crippen molar-refractivity contribution in [1.29, 1.82) is 0 Å². The molecule has 0 aromatic heterocycles. The molecule has 4 saturated carbocycles. The number of rotatable bonds is 15. The molecule has 258 valence electrons. The van der Waals surface area contributed by atoms with Crippen LogP contribution in [-0.2, 0) is 39.9 Å². The first-order valence-corrected chi connectivity index (χ1v) is 18.1. The number of esters is 2. The molecule has 0 amide bonds. The highest BCUT2D eigenvalue weighted by Crippen LogP contribution is 2.69. The van der Waals surface area contributed by atoms with Gasteiger partial charge in [-0.25, -0.2) is 4.79 Å². The average Bonchev–Trinajstić information content (AvgIpc) is 3.40. The lowest BCUT2D eigenvalue weighted by atomic mass is 9.43. The fourth-order valence-corrected chi connectivity index (χ4v) is 10.7. The molecule has 5 rings (SSSR count). The molecule has 7 nitrogen and oxygen atoms in total. The van der Waals surface area contributed by atoms with Crippen LogP contribution in [0.1, 0.15) is 104 Å². The Bertz CT molecular complexity index is 1140. The van der Waals surface area contributed by atoms with Crippen molar-refractivity contribution in [2.24, 2.45) is 46.3 Å². The van der Waals surface area contributed by atoms with Crippen molar-refractivity contribution in [3.63, 3.8) is 0 Å². The summed E-state index contributed by atoms with van der Waals surface area (Å²) in [6.07, 6.45) is 12.2. The smallest absolute Gasteiger partial charge is 0.332 e. The monoisotopic (exact) mass is 640 g/mol. The Kier molecular flexibility index (Phi) is 11.9. The summed E-state index contributed by atoms with van der Waals surface area (Å²) in [4.78, 5) is 25.3. The van der Waals surface area contributed by atoms with Crippen molar-refractivity contribution in [2.75, 3.05) is 40.1 Å². The second-order valence-electron chi connectivity index (χ2n) is 15.8. The molecule has 0 heterocycles. The van der Waals surface area contributed by atoms with E-state index in [0.29, 0.717) is 68.0 Å². The highest BCUT2D eigenvalue weighted by atomic mass is 16.6. The van der Waals surface area contributed by atoms with E-state index in [9.17, 15) is 9.59 Å². The van der Waals surface area contributed by atoms with Gasteiger partial charge in [0.2, 0.25) is 0 Å². The number of methoxy groups -OCH3 is 1. The fourth-order valence-electron chi connectivity index (χ4n) is 10.7. The summed E-state index contributed by atoms with van der Waals surface area (Å²) in [5, 5.41) is 0. The number of ether oxygens (including phenoxy) is 5. The van der Waals surface area contributed by atoms with Crippen molar-refractivity contribution >= 4 is 11.9 Å². The Morgan fingerprint density at radius 3 is 2.35 bits per heavy atom. The molecule has 1 aromatic rings. The molecule has 4 aliphatic carbocycles. The number of carbonyl (C=O) groups is 2. The molecule has 7 heteroatoms. The molecular weight excluding hydrogens is 580 g/mol. The number of hydrogen-bond acceptors (Lipinski definition) is 7. The lowest BCUT2D eigenvalue weighted by Crippen LogP contribution is -2.56. The number of carbonyl (C=O) groups excluding carboxylic acids is 2. The molecule has 0 N–H and O–H groups in total. The van der Waals surface area contributed by atoms with Crippen molar-refractivity contribution in [2.45, 2.75) is 111 Å². The number of benzene rings is 1. The predicted octanol–water partition coefficient (Wildman–Crippen LogP) is 7.79. The first kappa shape index (κ1) is 35.3. The third-order valence-corrected chi connectivity index (χ3v) is 13.1. The van der Waals surface area contributed by atoms with Gasteiger partial charge < -0.3 is 23.7 Å². The molecule has 0 saturated heterocycles. The van der Waals surface area contributed by atoms with Gasteiger partial charge in [0.15, 0.2) is 0 Å². The third kappa shape index (κ3) is 8.01. The van der Waals surface area contributed by atoms with E-state index in [2.05, 4.69) is 27.7 Å². The highest BCUT2D eigenvalue weighted by Gasteiger charge is 2.61. The van der Waals surface area contributed by atoms with Gasteiger partial charge in [0.1, 0.15) is 18.8 Å². The van der Waals surface area contributed by atoms with Crippen LogP contribution >= 0.6 is 0 Å². The Morgan fingerprint density at radius 2 is 1.57 bits per heavy atom. The molecule has 9 atom stereocenters. The topological polar surface area (TPSA) is 80.3 Å². The van der Waals surface area contributed by atoms with Crippen LogP contribution in [0.15, 0.2) is 30.3 Å². The van der Waals surface area contributed by atoms with E-state index < -0.39 is 5.60 Å². The average molecular weight is 641 g/mol. The van der Waals surface area contributed by atoms with E-state index >= 15 is 0 Å². The van der Waals surface area contributed by atoms with E-state index in [4.69, 9.17) is 23.7 Å². The summed E-state index contributed by atoms with van der Waals surface area (Å²) in [6, 6.07) is 9.95. The van der Waals surface area contributed by atoms with Crippen LogP contribution in [0, 0.1) is 46.3 Å². The van der Waals surface area contributed by atoms with Crippen molar-refractivity contribution in [3.8, 4) is 0 Å². The second-order valence-corrected chi connectivity index (χ2v) is 15.8. The van der Waals surface area contributed by atoms with Crippen molar-refractivity contribution < 1.29 is 33.3 Å². The first-order chi connectivity index (χ1) is 22.1. The van der Waals surface area contributed by atoms with Gasteiger partial charge in [-0.1, -0.05) is 51.1 Å². The largest absolute Gasteiger partial charge is 0.461 e. The minimum Gasteiger partial charge on any atom is -0.461 e. The lowest BCUT2D eigenvalue weighted by Gasteiger charge is -2.62. The molecule has 1 aromatic carbocycles. The van der Waals surface area contributed by atoms with Crippen molar-refractivity contribution in [3.05, 3.63) is 35.9 Å². The standard InChI is InChI=1S/C39H60O7/c1-28(11-16-35(40)45-26-29-9-7-6-8-10-29)32-14-15-33-31-13-12-30-25-37(2,46-36(41)27-44-24-23-43-22-21-42-5)19-20-38(30,3)34(31)17-18-39(32,33)4/h6-10,28,30-34H,11-27H2,1-5H3/t28-,30-,31+,32-,33+,34+,37+,38+,39-/m1/s1. The van der Waals surface area contributed by atoms with Crippen LogP contribution in [0.3, 0.4) is 0 Å². The normalized spacial score (nSPS) is 35.8. The van der Waals surface area contributed by atoms with Gasteiger partial charge in [0, 0.05) is 13.5 Å². The zero-order valence-electron chi connectivity index (χ0n) is 29.2. The Morgan fingerprint density at radius 1 is 0.826 bits per heavy atom. The van der Waals surface area contributed by atoms with Gasteiger partial charge in [-0.2, -0.15) is 0 Å². The van der Waals surface area contributed by atoms with E-state index in [-0.39, 0.29) is 18.5 Å². The summed E-state index contributed by atoms with van der Waals surface area (Å²) >= 11 is 0. The maximum absolute atomic E-state index is 12.7. The molecule has 0 bridgehead atoms. The van der Waals surface area contributed by atoms with Crippen LogP contribution < -0.4 is 0 Å². The number of hydrogen-bond donors (Lipinski definition) is 0. The molecule has 0 spiro atoms. The van der Waals surface area contributed by atoms with Gasteiger partial charge in [-0.15, -0.1) is 0 Å². The molecule has 0 aliphatic heterocycles. The van der Waals surface area contributed by atoms with E-state index in [1.54, 1.807) is 7.11 Å². The molecule has 4 fully saturated rings. The maximum atomic E-state index is 12.7. The SMILES string of the molecule is COCCOCCOCC(=O)O[C@@]1(C)CC[C@@]2(C)[C@H](CC[C@@H]3[C@@H]2CC[C@]2(C)[C@@H]([C@H](C)CCC(=O)OCc4ccccc4)CC[C@@H]32)C1. The highest BCUT2D eigenvalue weighted by molar-refractivity contribution is 5.71. The van der Waals surface area contributed by atoms with Crippen molar-refractivity contribution in [1.82, 2.24) is 0 Å². The third-order valence-electron chi connectivity index (χ3n) is 13.1. The quantitative estimate of drug-likeness (QED) is 0.143. The first-order valence-electron chi connectivity index (χ1n) is 18.1. The van der Waals surface area contributed by atoms with Crippen LogP contribution in [-0.4, -0.2) is 57.7 Å². The predicted molar refractivity (Wildman–Crippen MR) is 178 cm³/mol. The van der Waals surface area contributed by atoms with Crippen LogP contribution in [0.25, 0.3) is 0 Å². The summed E-state index contributed by atoms with van der Waals surface area (Å²) in [5.41, 5.74) is 1.31. The zero-order chi connectivity index (χ0) is 32.8. The summed E-state index contributed by atoms with van der Waals surface area (Å²) in [7, 11) is 1.64. The zero-order valence-corrected chi connectivity index (χ0v) is 29.2.